The van der Waals surface area contributed by atoms with E-state index < -0.39 is 11.7 Å². The van der Waals surface area contributed by atoms with E-state index >= 15 is 0 Å². The number of nitrogens with zero attached hydrogens (tertiary/aromatic N) is 2. The summed E-state index contributed by atoms with van der Waals surface area (Å²) in [7, 11) is 0. The lowest BCUT2D eigenvalue weighted by atomic mass is 9.95. The van der Waals surface area contributed by atoms with E-state index in [0.717, 1.165) is 25.0 Å². The molecule has 1 atom stereocenters. The molecule has 0 spiro atoms. The van der Waals surface area contributed by atoms with Crippen LogP contribution < -0.4 is 0 Å². The van der Waals surface area contributed by atoms with Crippen molar-refractivity contribution in [1.82, 2.24) is 9.80 Å². The molecule has 0 aliphatic carbocycles. The van der Waals surface area contributed by atoms with Crippen LogP contribution in [0.5, 0.6) is 0 Å². The maximum Gasteiger partial charge on any atom is 0.416 e. The van der Waals surface area contributed by atoms with Crippen LogP contribution in [0, 0.1) is 11.8 Å². The van der Waals surface area contributed by atoms with Crippen LogP contribution in [0.25, 0.3) is 0 Å². The smallest absolute Gasteiger partial charge is 0.342 e. The van der Waals surface area contributed by atoms with Gasteiger partial charge in [-0.25, -0.2) is 0 Å². The quantitative estimate of drug-likeness (QED) is 0.742. The van der Waals surface area contributed by atoms with Gasteiger partial charge in [-0.3, -0.25) is 9.59 Å². The number of benzene rings is 1. The Balaban J connectivity index is 1.67. The number of halogens is 3. The maximum atomic E-state index is 13.0. The normalized spacial score (nSPS) is 21.6. The molecule has 2 fully saturated rings. The summed E-state index contributed by atoms with van der Waals surface area (Å²) in [6.45, 7) is 5.63. The van der Waals surface area contributed by atoms with Gasteiger partial charge in [0.25, 0.3) is 0 Å². The van der Waals surface area contributed by atoms with E-state index in [2.05, 4.69) is 0 Å². The SMILES string of the molecule is CC(C)C(=O)N1CCC(CN2C(=O)CSC2c2cccc(C(F)(F)F)c2)CC1. The molecular weight excluding hydrogens is 389 g/mol. The number of alkyl halides is 3. The predicted molar refractivity (Wildman–Crippen MR) is 102 cm³/mol. The average Bonchev–Trinajstić information content (AvgIpc) is 3.01. The fourth-order valence-corrected chi connectivity index (χ4v) is 4.96. The Bertz CT molecular complexity index is 730. The number of carbonyl (C=O) groups excluding carboxylic acids is 2. The van der Waals surface area contributed by atoms with Gasteiger partial charge in [-0.1, -0.05) is 26.0 Å². The number of amides is 2. The summed E-state index contributed by atoms with van der Waals surface area (Å²) < 4.78 is 39.1. The van der Waals surface area contributed by atoms with Crippen molar-refractivity contribution in [3.05, 3.63) is 35.4 Å². The fourth-order valence-electron chi connectivity index (χ4n) is 3.78. The van der Waals surface area contributed by atoms with Crippen LogP contribution in [0.3, 0.4) is 0 Å². The Labute approximate surface area is 167 Å². The van der Waals surface area contributed by atoms with E-state index in [9.17, 15) is 22.8 Å². The van der Waals surface area contributed by atoms with Gasteiger partial charge in [0.2, 0.25) is 11.8 Å². The van der Waals surface area contributed by atoms with Crippen molar-refractivity contribution in [2.45, 2.75) is 38.2 Å². The summed E-state index contributed by atoms with van der Waals surface area (Å²) in [6, 6.07) is 5.25. The number of rotatable bonds is 4. The molecular formula is C20H25F3N2O2S. The van der Waals surface area contributed by atoms with Gasteiger partial charge < -0.3 is 9.80 Å². The van der Waals surface area contributed by atoms with Crippen molar-refractivity contribution in [2.75, 3.05) is 25.4 Å². The minimum absolute atomic E-state index is 0.0293. The van der Waals surface area contributed by atoms with E-state index in [0.29, 0.717) is 25.2 Å². The lowest BCUT2D eigenvalue weighted by Crippen LogP contribution is -2.43. The molecule has 2 aliphatic heterocycles. The second-order valence-electron chi connectivity index (χ2n) is 7.76. The largest absolute Gasteiger partial charge is 0.416 e. The summed E-state index contributed by atoms with van der Waals surface area (Å²) in [5.41, 5.74) is -0.177. The molecule has 154 valence electrons. The average molecular weight is 414 g/mol. The van der Waals surface area contributed by atoms with Crippen LogP contribution in [0.1, 0.15) is 43.2 Å². The molecule has 2 amide bonds. The van der Waals surface area contributed by atoms with Crippen LogP contribution >= 0.6 is 11.8 Å². The lowest BCUT2D eigenvalue weighted by Gasteiger charge is -2.36. The Kier molecular flexibility index (Phi) is 6.27. The number of hydrogen-bond acceptors (Lipinski definition) is 3. The van der Waals surface area contributed by atoms with E-state index in [1.54, 1.807) is 11.0 Å². The minimum atomic E-state index is -4.40. The van der Waals surface area contributed by atoms with E-state index in [1.807, 2.05) is 18.7 Å². The minimum Gasteiger partial charge on any atom is -0.342 e. The zero-order valence-electron chi connectivity index (χ0n) is 16.0. The molecule has 3 rings (SSSR count). The molecule has 8 heteroatoms. The standard InChI is InChI=1S/C20H25F3N2O2S/c1-13(2)18(27)24-8-6-14(7-9-24)11-25-17(26)12-28-19(25)15-4-3-5-16(10-15)20(21,22)23/h3-5,10,13-14,19H,6-9,11-12H2,1-2H3. The third-order valence-electron chi connectivity index (χ3n) is 5.34. The highest BCUT2D eigenvalue weighted by Gasteiger charge is 2.37. The molecule has 1 aromatic carbocycles. The van der Waals surface area contributed by atoms with Gasteiger partial charge in [-0.05, 0) is 36.5 Å². The third kappa shape index (κ3) is 4.64. The molecule has 2 aliphatic rings. The van der Waals surface area contributed by atoms with Gasteiger partial charge in [0.1, 0.15) is 5.37 Å². The highest BCUT2D eigenvalue weighted by molar-refractivity contribution is 8.00. The summed E-state index contributed by atoms with van der Waals surface area (Å²) in [5, 5.41) is -0.384. The van der Waals surface area contributed by atoms with Crippen LogP contribution in [-0.4, -0.2) is 47.0 Å². The second kappa shape index (κ2) is 8.35. The first-order chi connectivity index (χ1) is 13.2. The Morgan fingerprint density at radius 2 is 1.93 bits per heavy atom. The van der Waals surface area contributed by atoms with Crippen molar-refractivity contribution < 1.29 is 22.8 Å². The molecule has 0 saturated carbocycles. The monoisotopic (exact) mass is 414 g/mol. The fraction of sp³-hybridized carbons (Fsp3) is 0.600. The van der Waals surface area contributed by atoms with Crippen molar-refractivity contribution >= 4 is 23.6 Å². The first-order valence-electron chi connectivity index (χ1n) is 9.54. The van der Waals surface area contributed by atoms with Crippen molar-refractivity contribution in [2.24, 2.45) is 11.8 Å². The van der Waals surface area contributed by atoms with Gasteiger partial charge in [0, 0.05) is 25.6 Å². The van der Waals surface area contributed by atoms with Gasteiger partial charge in [-0.15, -0.1) is 11.8 Å². The molecule has 28 heavy (non-hydrogen) atoms. The summed E-state index contributed by atoms with van der Waals surface area (Å²) in [5.74, 6) is 0.623. The molecule has 0 bridgehead atoms. The first kappa shape index (κ1) is 21.0. The zero-order valence-corrected chi connectivity index (χ0v) is 16.9. The Morgan fingerprint density at radius 3 is 2.54 bits per heavy atom. The summed E-state index contributed by atoms with van der Waals surface area (Å²) in [4.78, 5) is 28.1. The third-order valence-corrected chi connectivity index (χ3v) is 6.60. The van der Waals surface area contributed by atoms with E-state index in [-0.39, 0.29) is 34.8 Å². The Hall–Kier alpha value is -1.70. The molecule has 1 unspecified atom stereocenters. The first-order valence-corrected chi connectivity index (χ1v) is 10.6. The number of hydrogen-bond donors (Lipinski definition) is 0. The molecule has 2 saturated heterocycles. The predicted octanol–water partition coefficient (Wildman–Crippen LogP) is 4.17. The number of carbonyl (C=O) groups is 2. The van der Waals surface area contributed by atoms with Crippen LogP contribution in [0.15, 0.2) is 24.3 Å². The molecule has 1 aromatic rings. The molecule has 0 N–H and O–H groups in total. The van der Waals surface area contributed by atoms with E-state index in [1.165, 1.54) is 17.8 Å². The zero-order chi connectivity index (χ0) is 20.5. The highest BCUT2D eigenvalue weighted by atomic mass is 32.2. The highest BCUT2D eigenvalue weighted by Crippen LogP contribution is 2.41. The van der Waals surface area contributed by atoms with Crippen LogP contribution in [0.2, 0.25) is 0 Å². The number of likely N-dealkylation sites (tertiary alicyclic amines) is 1. The molecule has 0 aromatic heterocycles. The molecule has 0 radical (unpaired) electrons. The van der Waals surface area contributed by atoms with Gasteiger partial charge in [0.15, 0.2) is 0 Å². The van der Waals surface area contributed by atoms with Crippen LogP contribution in [-0.2, 0) is 15.8 Å². The van der Waals surface area contributed by atoms with Crippen LogP contribution in [0.4, 0.5) is 13.2 Å². The Morgan fingerprint density at radius 1 is 1.25 bits per heavy atom. The number of piperidine rings is 1. The maximum absolute atomic E-state index is 13.0. The molecule has 2 heterocycles. The van der Waals surface area contributed by atoms with Gasteiger partial charge >= 0.3 is 6.18 Å². The van der Waals surface area contributed by atoms with E-state index in [4.69, 9.17) is 0 Å². The van der Waals surface area contributed by atoms with Crippen molar-refractivity contribution in [3.63, 3.8) is 0 Å². The second-order valence-corrected chi connectivity index (χ2v) is 8.82. The van der Waals surface area contributed by atoms with Crippen molar-refractivity contribution in [3.8, 4) is 0 Å². The van der Waals surface area contributed by atoms with Gasteiger partial charge in [0.05, 0.1) is 11.3 Å². The van der Waals surface area contributed by atoms with Gasteiger partial charge in [-0.2, -0.15) is 13.2 Å². The topological polar surface area (TPSA) is 40.6 Å². The number of thioether (sulfide) groups is 1. The summed E-state index contributed by atoms with van der Waals surface area (Å²) in [6.07, 6.45) is -2.78. The van der Waals surface area contributed by atoms with Crippen molar-refractivity contribution in [1.29, 1.82) is 0 Å². The molecule has 4 nitrogen and oxygen atoms in total. The summed E-state index contributed by atoms with van der Waals surface area (Å²) >= 11 is 1.37. The lowest BCUT2D eigenvalue weighted by molar-refractivity contribution is -0.138.